The minimum atomic E-state index is -0.600. The first-order valence-electron chi connectivity index (χ1n) is 4.78. The maximum absolute atomic E-state index is 11.4. The van der Waals surface area contributed by atoms with Crippen LogP contribution in [0.2, 0.25) is 0 Å². The molecule has 0 aromatic rings. The molecule has 0 fully saturated rings. The molecule has 0 radical (unpaired) electrons. The number of Topliss-reactive ketones (excluding diaryl/α,β-unsaturated/α-hetero) is 1. The fraction of sp³-hybridized carbons (Fsp3) is 0.545. The quantitative estimate of drug-likeness (QED) is 0.661. The molecule has 0 amide bonds. The van der Waals surface area contributed by atoms with Gasteiger partial charge in [-0.15, -0.1) is 0 Å². The Hall–Kier alpha value is -0.930. The van der Waals surface area contributed by atoms with E-state index in [0.717, 1.165) is 5.57 Å². The number of carbonyl (C=O) groups is 1. The Bertz CT molecular complexity index is 287. The molecule has 2 N–H and O–H groups in total. The van der Waals surface area contributed by atoms with E-state index in [9.17, 15) is 9.90 Å². The lowest BCUT2D eigenvalue weighted by Gasteiger charge is -2.00. The number of aliphatic hydroxyl groups excluding tert-OH is 2. The Morgan fingerprint density at radius 1 is 1.64 bits per heavy atom. The summed E-state index contributed by atoms with van der Waals surface area (Å²) in [5.41, 5.74) is 1.46. The monoisotopic (exact) mass is 196 g/mol. The van der Waals surface area contributed by atoms with Crippen molar-refractivity contribution in [2.24, 2.45) is 0 Å². The van der Waals surface area contributed by atoms with E-state index in [1.54, 1.807) is 26.0 Å². The lowest BCUT2D eigenvalue weighted by molar-refractivity contribution is -0.115. The van der Waals surface area contributed by atoms with Crippen molar-refractivity contribution in [1.29, 1.82) is 0 Å². The van der Waals surface area contributed by atoms with Gasteiger partial charge in [0.2, 0.25) is 0 Å². The van der Waals surface area contributed by atoms with E-state index in [1.165, 1.54) is 0 Å². The number of rotatable bonds is 3. The lowest BCUT2D eigenvalue weighted by Crippen LogP contribution is -2.03. The first kappa shape index (κ1) is 11.1. The predicted octanol–water partition coefficient (Wildman–Crippen LogP) is 0.964. The molecule has 0 heterocycles. The first-order chi connectivity index (χ1) is 6.52. The van der Waals surface area contributed by atoms with Crippen LogP contribution in [0.25, 0.3) is 0 Å². The van der Waals surface area contributed by atoms with E-state index in [0.29, 0.717) is 12.0 Å². The SMILES string of the molecule is CC1=C(C/C=C/C(C)O)C(=O)C[C@H]1O. The van der Waals surface area contributed by atoms with Crippen LogP contribution in [0.15, 0.2) is 23.3 Å². The van der Waals surface area contributed by atoms with Gasteiger partial charge in [0, 0.05) is 12.0 Å². The van der Waals surface area contributed by atoms with Crippen molar-refractivity contribution in [3.63, 3.8) is 0 Å². The second-order valence-corrected chi connectivity index (χ2v) is 3.68. The first-order valence-corrected chi connectivity index (χ1v) is 4.78. The number of allylic oxidation sites excluding steroid dienone is 2. The molecule has 1 aliphatic rings. The second kappa shape index (κ2) is 4.53. The van der Waals surface area contributed by atoms with E-state index in [1.807, 2.05) is 0 Å². The van der Waals surface area contributed by atoms with Crippen LogP contribution >= 0.6 is 0 Å². The summed E-state index contributed by atoms with van der Waals surface area (Å²) in [6, 6.07) is 0. The number of hydrogen-bond donors (Lipinski definition) is 2. The van der Waals surface area contributed by atoms with Crippen molar-refractivity contribution in [3.8, 4) is 0 Å². The van der Waals surface area contributed by atoms with E-state index < -0.39 is 12.2 Å². The molecule has 3 heteroatoms. The summed E-state index contributed by atoms with van der Waals surface area (Å²) in [7, 11) is 0. The van der Waals surface area contributed by atoms with Crippen LogP contribution in [0.4, 0.5) is 0 Å². The van der Waals surface area contributed by atoms with Crippen LogP contribution < -0.4 is 0 Å². The fourth-order valence-corrected chi connectivity index (χ4v) is 1.53. The molecule has 78 valence electrons. The summed E-state index contributed by atoms with van der Waals surface area (Å²) in [5.74, 6) is 0.0187. The number of hydrogen-bond acceptors (Lipinski definition) is 3. The number of ketones is 1. The van der Waals surface area contributed by atoms with Crippen LogP contribution in [0.3, 0.4) is 0 Å². The predicted molar refractivity (Wildman–Crippen MR) is 53.8 cm³/mol. The van der Waals surface area contributed by atoms with Crippen LogP contribution in [-0.2, 0) is 4.79 Å². The van der Waals surface area contributed by atoms with Gasteiger partial charge in [-0.25, -0.2) is 0 Å². The van der Waals surface area contributed by atoms with Gasteiger partial charge >= 0.3 is 0 Å². The highest BCUT2D eigenvalue weighted by atomic mass is 16.3. The van der Waals surface area contributed by atoms with Gasteiger partial charge in [-0.3, -0.25) is 4.79 Å². The summed E-state index contributed by atoms with van der Waals surface area (Å²) in [6.07, 6.45) is 3.03. The third kappa shape index (κ3) is 2.53. The summed E-state index contributed by atoms with van der Waals surface area (Å²) in [4.78, 5) is 11.4. The van der Waals surface area contributed by atoms with Crippen LogP contribution in [0, 0.1) is 0 Å². The molecule has 14 heavy (non-hydrogen) atoms. The highest BCUT2D eigenvalue weighted by molar-refractivity contribution is 5.99. The van der Waals surface area contributed by atoms with Gasteiger partial charge in [-0.2, -0.15) is 0 Å². The van der Waals surface area contributed by atoms with Crippen molar-refractivity contribution >= 4 is 5.78 Å². The van der Waals surface area contributed by atoms with Gasteiger partial charge in [0.05, 0.1) is 12.2 Å². The lowest BCUT2D eigenvalue weighted by atomic mass is 10.1. The molecule has 1 rings (SSSR count). The van der Waals surface area contributed by atoms with E-state index in [-0.39, 0.29) is 12.2 Å². The van der Waals surface area contributed by atoms with Crippen molar-refractivity contribution < 1.29 is 15.0 Å². The van der Waals surface area contributed by atoms with Crippen molar-refractivity contribution in [3.05, 3.63) is 23.3 Å². The Balaban J connectivity index is 2.64. The van der Waals surface area contributed by atoms with E-state index >= 15 is 0 Å². The molecular weight excluding hydrogens is 180 g/mol. The van der Waals surface area contributed by atoms with E-state index in [4.69, 9.17) is 5.11 Å². The maximum atomic E-state index is 11.4. The zero-order valence-electron chi connectivity index (χ0n) is 8.53. The zero-order valence-corrected chi connectivity index (χ0v) is 8.53. The fourth-order valence-electron chi connectivity index (χ4n) is 1.53. The number of carbonyl (C=O) groups excluding carboxylic acids is 1. The molecule has 2 atom stereocenters. The van der Waals surface area contributed by atoms with Crippen LogP contribution in [0.1, 0.15) is 26.7 Å². The summed E-state index contributed by atoms with van der Waals surface area (Å²) >= 11 is 0. The standard InChI is InChI=1S/C11H16O3/c1-7(12)4-3-5-9-8(2)10(13)6-11(9)14/h3-4,7,10,12-13H,5-6H2,1-2H3/b4-3+/t7?,10-/m1/s1. The average molecular weight is 196 g/mol. The third-order valence-corrected chi connectivity index (χ3v) is 2.43. The maximum Gasteiger partial charge on any atom is 0.162 e. The van der Waals surface area contributed by atoms with Crippen LogP contribution in [-0.4, -0.2) is 28.2 Å². The topological polar surface area (TPSA) is 57.5 Å². The van der Waals surface area contributed by atoms with Gasteiger partial charge in [0.25, 0.3) is 0 Å². The molecule has 0 saturated carbocycles. The number of aliphatic hydroxyl groups is 2. The van der Waals surface area contributed by atoms with Gasteiger partial charge in [-0.05, 0) is 25.8 Å². The van der Waals surface area contributed by atoms with Gasteiger partial charge < -0.3 is 10.2 Å². The van der Waals surface area contributed by atoms with Gasteiger partial charge in [0.1, 0.15) is 0 Å². The average Bonchev–Trinajstić information content (AvgIpc) is 2.31. The summed E-state index contributed by atoms with van der Waals surface area (Å²) in [5, 5.41) is 18.4. The Labute approximate surface area is 83.8 Å². The molecule has 1 aliphatic carbocycles. The molecule has 0 bridgehead atoms. The van der Waals surface area contributed by atoms with Crippen molar-refractivity contribution in [1.82, 2.24) is 0 Å². The highest BCUT2D eigenvalue weighted by Gasteiger charge is 2.26. The molecule has 0 aliphatic heterocycles. The van der Waals surface area contributed by atoms with Gasteiger partial charge in [0.15, 0.2) is 5.78 Å². The summed E-state index contributed by atoms with van der Waals surface area (Å²) in [6.45, 7) is 3.43. The molecular formula is C11H16O3. The molecule has 0 aromatic carbocycles. The molecule has 0 spiro atoms. The highest BCUT2D eigenvalue weighted by Crippen LogP contribution is 2.25. The zero-order chi connectivity index (χ0) is 10.7. The minimum Gasteiger partial charge on any atom is -0.389 e. The largest absolute Gasteiger partial charge is 0.389 e. The normalized spacial score (nSPS) is 25.1. The van der Waals surface area contributed by atoms with Gasteiger partial charge in [-0.1, -0.05) is 12.2 Å². The molecule has 0 saturated heterocycles. The third-order valence-electron chi connectivity index (χ3n) is 2.43. The van der Waals surface area contributed by atoms with E-state index in [2.05, 4.69) is 0 Å². The Kier molecular flexibility index (Phi) is 3.61. The van der Waals surface area contributed by atoms with Crippen molar-refractivity contribution in [2.75, 3.05) is 0 Å². The Morgan fingerprint density at radius 3 is 2.71 bits per heavy atom. The molecule has 3 nitrogen and oxygen atoms in total. The van der Waals surface area contributed by atoms with Crippen molar-refractivity contribution in [2.45, 2.75) is 38.9 Å². The van der Waals surface area contributed by atoms with Crippen LogP contribution in [0.5, 0.6) is 0 Å². The smallest absolute Gasteiger partial charge is 0.162 e. The molecule has 1 unspecified atom stereocenters. The Morgan fingerprint density at radius 2 is 2.29 bits per heavy atom. The molecule has 0 aromatic heterocycles. The summed E-state index contributed by atoms with van der Waals surface area (Å²) < 4.78 is 0. The minimum absolute atomic E-state index is 0.0187. The second-order valence-electron chi connectivity index (χ2n) is 3.68.